The van der Waals surface area contributed by atoms with E-state index in [4.69, 9.17) is 9.47 Å². The molecule has 2 rings (SSSR count). The number of carbonyl (C=O) groups is 2. The van der Waals surface area contributed by atoms with Gasteiger partial charge in [-0.2, -0.15) is 0 Å². The number of hydrogen-bond donors (Lipinski definition) is 2. The molecule has 0 radical (unpaired) electrons. The molecule has 8 heteroatoms. The third-order valence-corrected chi connectivity index (χ3v) is 4.91. The molecule has 0 spiro atoms. The molecule has 0 aliphatic carbocycles. The van der Waals surface area contributed by atoms with Crippen molar-refractivity contribution in [2.24, 2.45) is 0 Å². The van der Waals surface area contributed by atoms with E-state index in [1.807, 2.05) is 45.9 Å². The van der Waals surface area contributed by atoms with Gasteiger partial charge in [-0.3, -0.25) is 4.79 Å². The first-order valence-corrected chi connectivity index (χ1v) is 9.77. The summed E-state index contributed by atoms with van der Waals surface area (Å²) in [5, 5.41) is 5.81. The second-order valence-corrected chi connectivity index (χ2v) is 7.46. The highest BCUT2D eigenvalue weighted by atomic mass is 35.5. The van der Waals surface area contributed by atoms with Gasteiger partial charge in [0.25, 0.3) is 0 Å². The number of benzene rings is 2. The van der Waals surface area contributed by atoms with Gasteiger partial charge in [0.15, 0.2) is 0 Å². The maximum atomic E-state index is 12.6. The molecule has 0 aliphatic heterocycles. The predicted molar refractivity (Wildman–Crippen MR) is 126 cm³/mol. The average molecular weight is 450 g/mol. The summed E-state index contributed by atoms with van der Waals surface area (Å²) < 4.78 is 10.6. The Morgan fingerprint density at radius 3 is 2.19 bits per heavy atom. The first kappa shape index (κ1) is 26.1. The van der Waals surface area contributed by atoms with Gasteiger partial charge in [-0.05, 0) is 57.0 Å². The lowest BCUT2D eigenvalue weighted by Crippen LogP contribution is -2.42. The summed E-state index contributed by atoms with van der Waals surface area (Å²) in [4.78, 5) is 26.4. The zero-order valence-corrected chi connectivity index (χ0v) is 20.0. The molecule has 0 heterocycles. The smallest absolute Gasteiger partial charge is 0.318 e. The molecule has 0 saturated carbocycles. The third-order valence-electron chi connectivity index (χ3n) is 4.91. The van der Waals surface area contributed by atoms with Gasteiger partial charge in [0.05, 0.1) is 20.3 Å². The zero-order valence-electron chi connectivity index (χ0n) is 19.2. The first-order chi connectivity index (χ1) is 14.2. The van der Waals surface area contributed by atoms with Crippen LogP contribution in [0.15, 0.2) is 30.3 Å². The van der Waals surface area contributed by atoms with Crippen molar-refractivity contribution in [2.45, 2.75) is 33.7 Å². The number of methoxy groups -OCH3 is 2. The Balaban J connectivity index is 0.00000480. The number of nitrogens with one attached hydrogen (secondary N) is 2. The highest BCUT2D eigenvalue weighted by Gasteiger charge is 2.19. The summed E-state index contributed by atoms with van der Waals surface area (Å²) in [6, 6.07) is 8.74. The van der Waals surface area contributed by atoms with Crippen LogP contribution < -0.4 is 20.1 Å². The number of anilines is 1. The number of carbonyl (C=O) groups excluding carboxylic acids is 2. The summed E-state index contributed by atoms with van der Waals surface area (Å²) in [5.74, 6) is 1.06. The van der Waals surface area contributed by atoms with Crippen molar-refractivity contribution < 1.29 is 19.1 Å². The molecule has 0 aliphatic rings. The molecule has 7 nitrogen and oxygen atoms in total. The van der Waals surface area contributed by atoms with Gasteiger partial charge in [0.1, 0.15) is 18.0 Å². The van der Waals surface area contributed by atoms with E-state index in [1.165, 1.54) is 4.90 Å². The van der Waals surface area contributed by atoms with Crippen LogP contribution in [-0.2, 0) is 4.79 Å². The summed E-state index contributed by atoms with van der Waals surface area (Å²) in [5.41, 5.74) is 4.70. The van der Waals surface area contributed by atoms with Gasteiger partial charge in [0, 0.05) is 18.3 Å². The SMILES string of the molecule is COc1ccc(OC)c(C(C)NC(=O)N(C)CC(=O)Nc2c(C)cc(C)cc2C)c1.Cl. The number of nitrogens with zero attached hydrogens (tertiary/aromatic N) is 1. The molecule has 0 aromatic heterocycles. The molecule has 2 aromatic carbocycles. The Morgan fingerprint density at radius 1 is 1.03 bits per heavy atom. The number of hydrogen-bond acceptors (Lipinski definition) is 4. The number of likely N-dealkylation sites (N-methyl/N-ethyl adjacent to an activating group) is 1. The summed E-state index contributed by atoms with van der Waals surface area (Å²) in [6.45, 7) is 7.70. The zero-order chi connectivity index (χ0) is 22.4. The lowest BCUT2D eigenvalue weighted by Gasteiger charge is -2.23. The van der Waals surface area contributed by atoms with Crippen molar-refractivity contribution in [3.8, 4) is 11.5 Å². The quantitative estimate of drug-likeness (QED) is 0.656. The van der Waals surface area contributed by atoms with Crippen LogP contribution in [0, 0.1) is 20.8 Å². The summed E-state index contributed by atoms with van der Waals surface area (Å²) >= 11 is 0. The van der Waals surface area contributed by atoms with Crippen molar-refractivity contribution in [3.63, 3.8) is 0 Å². The Labute approximate surface area is 190 Å². The van der Waals surface area contributed by atoms with Crippen molar-refractivity contribution in [1.82, 2.24) is 10.2 Å². The first-order valence-electron chi connectivity index (χ1n) is 9.77. The standard InChI is InChI=1S/C23H31N3O4.ClH/c1-14-10-15(2)22(16(3)11-14)25-21(27)13-26(5)23(28)24-17(4)19-12-18(29-6)8-9-20(19)30-7;/h8-12,17H,13H2,1-7H3,(H,24,28)(H,25,27);1H. The molecule has 1 atom stereocenters. The minimum absolute atomic E-state index is 0. The molecule has 0 fully saturated rings. The third kappa shape index (κ3) is 6.79. The molecule has 2 aromatic rings. The molecule has 2 N–H and O–H groups in total. The van der Waals surface area contributed by atoms with Gasteiger partial charge >= 0.3 is 6.03 Å². The molecule has 1 unspecified atom stereocenters. The van der Waals surface area contributed by atoms with Crippen molar-refractivity contribution in [3.05, 3.63) is 52.6 Å². The minimum Gasteiger partial charge on any atom is -0.497 e. The van der Waals surface area contributed by atoms with Crippen LogP contribution in [0.4, 0.5) is 10.5 Å². The van der Waals surface area contributed by atoms with Gasteiger partial charge < -0.3 is 25.0 Å². The van der Waals surface area contributed by atoms with Crippen LogP contribution in [0.25, 0.3) is 0 Å². The highest BCUT2D eigenvalue weighted by molar-refractivity contribution is 5.95. The fraction of sp³-hybridized carbons (Fsp3) is 0.391. The molecule has 0 bridgehead atoms. The Bertz CT molecular complexity index is 910. The van der Waals surface area contributed by atoms with E-state index < -0.39 is 0 Å². The normalized spacial score (nSPS) is 11.1. The van der Waals surface area contributed by atoms with Crippen LogP contribution in [0.2, 0.25) is 0 Å². The second kappa shape index (κ2) is 11.5. The molecular weight excluding hydrogens is 418 g/mol. The van der Waals surface area contributed by atoms with E-state index in [-0.39, 0.29) is 36.9 Å². The largest absolute Gasteiger partial charge is 0.497 e. The lowest BCUT2D eigenvalue weighted by molar-refractivity contribution is -0.116. The van der Waals surface area contributed by atoms with Gasteiger partial charge in [0.2, 0.25) is 5.91 Å². The minimum atomic E-state index is -0.361. The van der Waals surface area contributed by atoms with Gasteiger partial charge in [-0.15, -0.1) is 12.4 Å². The number of ether oxygens (including phenoxy) is 2. The number of rotatable bonds is 7. The molecule has 170 valence electrons. The summed E-state index contributed by atoms with van der Waals surface area (Å²) in [6.07, 6.45) is 0. The van der Waals surface area contributed by atoms with Crippen LogP contribution in [0.5, 0.6) is 11.5 Å². The monoisotopic (exact) mass is 449 g/mol. The topological polar surface area (TPSA) is 79.9 Å². The van der Waals surface area contributed by atoms with Gasteiger partial charge in [-0.1, -0.05) is 17.7 Å². The fourth-order valence-corrected chi connectivity index (χ4v) is 3.39. The van der Waals surface area contributed by atoms with E-state index in [2.05, 4.69) is 10.6 Å². The predicted octanol–water partition coefficient (Wildman–Crippen LogP) is 4.39. The maximum Gasteiger partial charge on any atom is 0.318 e. The Kier molecular flexibility index (Phi) is 9.65. The summed E-state index contributed by atoms with van der Waals surface area (Å²) in [7, 11) is 4.74. The highest BCUT2D eigenvalue weighted by Crippen LogP contribution is 2.29. The molecule has 31 heavy (non-hydrogen) atoms. The van der Waals surface area contributed by atoms with Crippen molar-refractivity contribution in [1.29, 1.82) is 0 Å². The van der Waals surface area contributed by atoms with Crippen LogP contribution in [0.3, 0.4) is 0 Å². The number of halogens is 1. The molecule has 3 amide bonds. The van der Waals surface area contributed by atoms with E-state index in [0.29, 0.717) is 11.5 Å². The Hall–Kier alpha value is -2.93. The molecule has 0 saturated heterocycles. The van der Waals surface area contributed by atoms with E-state index in [9.17, 15) is 9.59 Å². The van der Waals surface area contributed by atoms with Crippen LogP contribution >= 0.6 is 12.4 Å². The van der Waals surface area contributed by atoms with Gasteiger partial charge in [-0.25, -0.2) is 4.79 Å². The lowest BCUT2D eigenvalue weighted by atomic mass is 10.1. The number of aryl methyl sites for hydroxylation is 3. The van der Waals surface area contributed by atoms with Crippen LogP contribution in [-0.4, -0.2) is 44.7 Å². The maximum absolute atomic E-state index is 12.6. The average Bonchev–Trinajstić information content (AvgIpc) is 2.69. The Morgan fingerprint density at radius 2 is 1.65 bits per heavy atom. The van der Waals surface area contributed by atoms with Crippen molar-refractivity contribution >= 4 is 30.0 Å². The second-order valence-electron chi connectivity index (χ2n) is 7.46. The van der Waals surface area contributed by atoms with Crippen molar-refractivity contribution in [2.75, 3.05) is 33.1 Å². The van der Waals surface area contributed by atoms with E-state index in [0.717, 1.165) is 27.9 Å². The van der Waals surface area contributed by atoms with E-state index in [1.54, 1.807) is 33.4 Å². The van der Waals surface area contributed by atoms with Crippen LogP contribution in [0.1, 0.15) is 35.2 Å². The number of amides is 3. The molecular formula is C23H32ClN3O4. The van der Waals surface area contributed by atoms with E-state index >= 15 is 0 Å². The number of urea groups is 1. The fourth-order valence-electron chi connectivity index (χ4n) is 3.39.